The highest BCUT2D eigenvalue weighted by atomic mass is 16.5. The maximum absolute atomic E-state index is 12.5. The monoisotopic (exact) mass is 387 g/mol. The highest BCUT2D eigenvalue weighted by Crippen LogP contribution is 2.39. The van der Waals surface area contributed by atoms with Crippen LogP contribution in [0, 0.1) is 0 Å². The summed E-state index contributed by atoms with van der Waals surface area (Å²) >= 11 is 0. The van der Waals surface area contributed by atoms with Gasteiger partial charge in [-0.05, 0) is 23.8 Å². The summed E-state index contributed by atoms with van der Waals surface area (Å²) in [6, 6.07) is 21.1. The number of carbonyl (C=O) groups excluding carboxylic acids is 1. The largest absolute Gasteiger partial charge is 0.493 e. The molecule has 0 radical (unpaired) electrons. The van der Waals surface area contributed by atoms with E-state index in [9.17, 15) is 4.79 Å². The van der Waals surface area contributed by atoms with Gasteiger partial charge in [-0.15, -0.1) is 0 Å². The molecule has 0 aromatic heterocycles. The average Bonchev–Trinajstić information content (AvgIpc) is 3.08. The Bertz CT molecular complexity index is 1070. The van der Waals surface area contributed by atoms with Gasteiger partial charge < -0.3 is 19.5 Å². The van der Waals surface area contributed by atoms with Crippen LogP contribution in [0.25, 0.3) is 11.6 Å². The number of hydrogen-bond donors (Lipinski definition) is 1. The molecule has 0 saturated carbocycles. The van der Waals surface area contributed by atoms with Crippen molar-refractivity contribution in [1.29, 1.82) is 0 Å². The van der Waals surface area contributed by atoms with E-state index in [0.29, 0.717) is 29.4 Å². The quantitative estimate of drug-likeness (QED) is 0.619. The molecule has 29 heavy (non-hydrogen) atoms. The van der Waals surface area contributed by atoms with Gasteiger partial charge in [0.1, 0.15) is 12.4 Å². The number of methoxy groups -OCH3 is 2. The number of rotatable bonds is 6. The van der Waals surface area contributed by atoms with E-state index < -0.39 is 0 Å². The standard InChI is InChI=1S/C24H21NO4/c1-27-22-13-17(12-19-18-10-6-7-11-20(18)25-24(19)26)21(14-23(22)28-2)29-15-16-8-4-3-5-9-16/h3-14H,15H2,1-2H3,(H,25,26)/b19-12+. The second kappa shape index (κ2) is 8.10. The van der Waals surface area contributed by atoms with Gasteiger partial charge in [0.15, 0.2) is 11.5 Å². The minimum absolute atomic E-state index is 0.144. The van der Waals surface area contributed by atoms with Gasteiger partial charge in [0.05, 0.1) is 14.2 Å². The van der Waals surface area contributed by atoms with Crippen molar-refractivity contribution in [3.63, 3.8) is 0 Å². The molecule has 0 spiro atoms. The Morgan fingerprint density at radius 2 is 1.55 bits per heavy atom. The summed E-state index contributed by atoms with van der Waals surface area (Å²) in [5.41, 5.74) is 4.03. The molecular formula is C24H21NO4. The predicted octanol–water partition coefficient (Wildman–Crippen LogP) is 4.78. The van der Waals surface area contributed by atoms with Crippen molar-refractivity contribution in [1.82, 2.24) is 0 Å². The van der Waals surface area contributed by atoms with Gasteiger partial charge in [-0.2, -0.15) is 0 Å². The van der Waals surface area contributed by atoms with Gasteiger partial charge in [0, 0.05) is 28.5 Å². The Hall–Kier alpha value is -3.73. The number of amides is 1. The van der Waals surface area contributed by atoms with E-state index in [0.717, 1.165) is 22.4 Å². The molecule has 0 atom stereocenters. The molecule has 4 rings (SSSR count). The Morgan fingerprint density at radius 3 is 2.31 bits per heavy atom. The van der Waals surface area contributed by atoms with Crippen LogP contribution in [-0.4, -0.2) is 20.1 Å². The van der Waals surface area contributed by atoms with Crippen molar-refractivity contribution in [3.05, 3.63) is 83.4 Å². The molecule has 0 unspecified atom stereocenters. The Balaban J connectivity index is 1.76. The lowest BCUT2D eigenvalue weighted by atomic mass is 10.0. The van der Waals surface area contributed by atoms with Gasteiger partial charge in [-0.3, -0.25) is 4.79 Å². The summed E-state index contributed by atoms with van der Waals surface area (Å²) in [5, 5.41) is 2.89. The highest BCUT2D eigenvalue weighted by Gasteiger charge is 2.24. The second-order valence-corrected chi connectivity index (χ2v) is 6.58. The van der Waals surface area contributed by atoms with Crippen LogP contribution >= 0.6 is 0 Å². The van der Waals surface area contributed by atoms with Crippen LogP contribution in [-0.2, 0) is 11.4 Å². The van der Waals surface area contributed by atoms with Crippen molar-refractivity contribution in [3.8, 4) is 17.2 Å². The topological polar surface area (TPSA) is 56.8 Å². The molecule has 0 fully saturated rings. The molecule has 3 aromatic rings. The lowest BCUT2D eigenvalue weighted by molar-refractivity contribution is -0.110. The van der Waals surface area contributed by atoms with Crippen LogP contribution in [0.5, 0.6) is 17.2 Å². The molecule has 0 bridgehead atoms. The molecule has 1 heterocycles. The number of ether oxygens (including phenoxy) is 3. The van der Waals surface area contributed by atoms with Crippen molar-refractivity contribution >= 4 is 23.2 Å². The van der Waals surface area contributed by atoms with Crippen molar-refractivity contribution in [2.24, 2.45) is 0 Å². The zero-order chi connectivity index (χ0) is 20.2. The number of carbonyl (C=O) groups is 1. The molecule has 146 valence electrons. The third-order valence-corrected chi connectivity index (χ3v) is 4.76. The normalized spacial score (nSPS) is 13.7. The van der Waals surface area contributed by atoms with Crippen LogP contribution < -0.4 is 19.5 Å². The first-order valence-electron chi connectivity index (χ1n) is 9.25. The average molecular weight is 387 g/mol. The van der Waals surface area contributed by atoms with Crippen LogP contribution in [0.3, 0.4) is 0 Å². The Labute approximate surface area is 169 Å². The summed E-state index contributed by atoms with van der Waals surface area (Å²) in [6.45, 7) is 0.398. The number of para-hydroxylation sites is 1. The zero-order valence-corrected chi connectivity index (χ0v) is 16.3. The minimum Gasteiger partial charge on any atom is -0.493 e. The first-order valence-corrected chi connectivity index (χ1v) is 9.25. The third-order valence-electron chi connectivity index (χ3n) is 4.76. The summed E-state index contributed by atoms with van der Waals surface area (Å²) < 4.78 is 17.0. The molecular weight excluding hydrogens is 366 g/mol. The van der Waals surface area contributed by atoms with Crippen molar-refractivity contribution in [2.45, 2.75) is 6.61 Å². The van der Waals surface area contributed by atoms with Gasteiger partial charge in [-0.1, -0.05) is 48.5 Å². The molecule has 3 aromatic carbocycles. The van der Waals surface area contributed by atoms with Crippen LogP contribution in [0.1, 0.15) is 16.7 Å². The van der Waals surface area contributed by atoms with Gasteiger partial charge in [-0.25, -0.2) is 0 Å². The maximum Gasteiger partial charge on any atom is 0.256 e. The number of fused-ring (bicyclic) bond motifs is 1. The summed E-state index contributed by atoms with van der Waals surface area (Å²) in [7, 11) is 3.16. The van der Waals surface area contributed by atoms with E-state index in [1.807, 2.05) is 66.7 Å². The van der Waals surface area contributed by atoms with Crippen molar-refractivity contribution < 1.29 is 19.0 Å². The molecule has 1 aliphatic rings. The summed E-state index contributed by atoms with van der Waals surface area (Å²) in [6.07, 6.45) is 1.82. The molecule has 1 amide bonds. The van der Waals surface area contributed by atoms with Crippen LogP contribution in [0.2, 0.25) is 0 Å². The van der Waals surface area contributed by atoms with E-state index in [4.69, 9.17) is 14.2 Å². The number of nitrogens with one attached hydrogen (secondary N) is 1. The number of benzene rings is 3. The number of anilines is 1. The lowest BCUT2D eigenvalue weighted by Crippen LogP contribution is -2.04. The van der Waals surface area contributed by atoms with Crippen LogP contribution in [0.4, 0.5) is 5.69 Å². The highest BCUT2D eigenvalue weighted by molar-refractivity contribution is 6.35. The molecule has 0 aliphatic carbocycles. The fraction of sp³-hybridized carbons (Fsp3) is 0.125. The first-order chi connectivity index (χ1) is 14.2. The fourth-order valence-electron chi connectivity index (χ4n) is 3.29. The van der Waals surface area contributed by atoms with E-state index in [2.05, 4.69) is 5.32 Å². The molecule has 5 heteroatoms. The van der Waals surface area contributed by atoms with Gasteiger partial charge in [0.2, 0.25) is 0 Å². The predicted molar refractivity (Wildman–Crippen MR) is 113 cm³/mol. The summed E-state index contributed by atoms with van der Waals surface area (Å²) in [4.78, 5) is 12.5. The molecule has 0 saturated heterocycles. The van der Waals surface area contributed by atoms with Gasteiger partial charge in [0.25, 0.3) is 5.91 Å². The Kier molecular flexibility index (Phi) is 5.20. The van der Waals surface area contributed by atoms with E-state index in [-0.39, 0.29) is 5.91 Å². The smallest absolute Gasteiger partial charge is 0.256 e. The Morgan fingerprint density at radius 1 is 0.862 bits per heavy atom. The van der Waals surface area contributed by atoms with Gasteiger partial charge >= 0.3 is 0 Å². The summed E-state index contributed by atoms with van der Waals surface area (Å²) in [5.74, 6) is 1.60. The first kappa shape index (κ1) is 18.6. The SMILES string of the molecule is COc1cc(/C=C2/C(=O)Nc3ccccc32)c(OCc2ccccc2)cc1OC. The molecule has 5 nitrogen and oxygen atoms in total. The second-order valence-electron chi connectivity index (χ2n) is 6.58. The zero-order valence-electron chi connectivity index (χ0n) is 16.3. The van der Waals surface area contributed by atoms with E-state index in [1.165, 1.54) is 0 Å². The third kappa shape index (κ3) is 3.80. The number of hydrogen-bond acceptors (Lipinski definition) is 4. The molecule has 1 aliphatic heterocycles. The lowest BCUT2D eigenvalue weighted by Gasteiger charge is -2.15. The fourth-order valence-corrected chi connectivity index (χ4v) is 3.29. The molecule has 1 N–H and O–H groups in total. The van der Waals surface area contributed by atoms with Crippen LogP contribution in [0.15, 0.2) is 66.7 Å². The van der Waals surface area contributed by atoms with E-state index in [1.54, 1.807) is 20.3 Å². The van der Waals surface area contributed by atoms with E-state index >= 15 is 0 Å². The maximum atomic E-state index is 12.5. The minimum atomic E-state index is -0.144. The van der Waals surface area contributed by atoms with Crippen molar-refractivity contribution in [2.75, 3.05) is 19.5 Å².